The second-order valence-corrected chi connectivity index (χ2v) is 8.10. The summed E-state index contributed by atoms with van der Waals surface area (Å²) >= 11 is 1.76. The molecule has 0 bridgehead atoms. The first kappa shape index (κ1) is 16.2. The van der Waals surface area contributed by atoms with Crippen LogP contribution in [0.25, 0.3) is 28.0 Å². The Labute approximate surface area is 154 Å². The molecule has 1 nitrogen and oxygen atoms in total. The van der Waals surface area contributed by atoms with Crippen molar-refractivity contribution in [3.05, 3.63) is 69.9 Å². The van der Waals surface area contributed by atoms with Crippen molar-refractivity contribution in [3.63, 3.8) is 0 Å². The summed E-state index contributed by atoms with van der Waals surface area (Å²) in [4.78, 5) is 1.25. The van der Waals surface area contributed by atoms with Gasteiger partial charge in [0.25, 0.3) is 0 Å². The number of hydrogen-bond acceptors (Lipinski definition) is 2. The largest absolute Gasteiger partial charge is 0.354 e. The summed E-state index contributed by atoms with van der Waals surface area (Å²) < 4.78 is 0. The van der Waals surface area contributed by atoms with E-state index in [2.05, 4.69) is 81.4 Å². The van der Waals surface area contributed by atoms with Gasteiger partial charge in [0.2, 0.25) is 0 Å². The van der Waals surface area contributed by atoms with Crippen molar-refractivity contribution in [1.29, 1.82) is 0 Å². The predicted molar refractivity (Wildman–Crippen MR) is 111 cm³/mol. The Morgan fingerprint density at radius 1 is 0.960 bits per heavy atom. The van der Waals surface area contributed by atoms with E-state index in [1.54, 1.807) is 11.3 Å². The standard InChI is InChI=1S/C23H23NS/c1-13(2)17-6-8-18(9-7-17)20-14(3)12-15(4)22-21(20)19-10-11-25-23(19)16(5)24-22/h6-13,24H,5H2,1-4H3. The fraction of sp³-hybridized carbons (Fsp3) is 0.217. The van der Waals surface area contributed by atoms with Crippen LogP contribution in [0.4, 0.5) is 5.69 Å². The van der Waals surface area contributed by atoms with Crippen LogP contribution in [0.15, 0.2) is 48.4 Å². The summed E-state index contributed by atoms with van der Waals surface area (Å²) in [7, 11) is 0. The maximum Gasteiger partial charge on any atom is 0.0578 e. The molecule has 4 rings (SSSR count). The van der Waals surface area contributed by atoms with E-state index in [0.717, 1.165) is 5.70 Å². The van der Waals surface area contributed by atoms with E-state index in [0.29, 0.717) is 5.92 Å². The summed E-state index contributed by atoms with van der Waals surface area (Å²) in [6, 6.07) is 13.6. The average Bonchev–Trinajstić information content (AvgIpc) is 3.07. The van der Waals surface area contributed by atoms with Gasteiger partial charge in [0.15, 0.2) is 0 Å². The lowest BCUT2D eigenvalue weighted by molar-refractivity contribution is 0.867. The number of thiophene rings is 1. The average molecular weight is 346 g/mol. The minimum Gasteiger partial charge on any atom is -0.354 e. The molecule has 0 saturated heterocycles. The minimum absolute atomic E-state index is 0.551. The number of rotatable bonds is 2. The lowest BCUT2D eigenvalue weighted by atomic mass is 9.85. The predicted octanol–water partition coefficient (Wildman–Crippen LogP) is 7.22. The fourth-order valence-corrected chi connectivity index (χ4v) is 4.60. The van der Waals surface area contributed by atoms with Crippen LogP contribution < -0.4 is 5.32 Å². The minimum atomic E-state index is 0.551. The van der Waals surface area contributed by atoms with Gasteiger partial charge in [-0.05, 0) is 59.0 Å². The summed E-state index contributed by atoms with van der Waals surface area (Å²) in [5.74, 6) is 0.551. The zero-order chi connectivity index (χ0) is 17.7. The van der Waals surface area contributed by atoms with E-state index in [1.807, 2.05) is 0 Å². The van der Waals surface area contributed by atoms with Crippen LogP contribution in [0, 0.1) is 13.8 Å². The fourth-order valence-electron chi connectivity index (χ4n) is 3.77. The molecule has 2 heterocycles. The zero-order valence-electron chi connectivity index (χ0n) is 15.2. The molecule has 0 atom stereocenters. The smallest absolute Gasteiger partial charge is 0.0578 e. The number of anilines is 1. The van der Waals surface area contributed by atoms with E-state index in [-0.39, 0.29) is 0 Å². The number of hydrogen-bond donors (Lipinski definition) is 1. The van der Waals surface area contributed by atoms with Crippen LogP contribution in [0.2, 0.25) is 0 Å². The summed E-state index contributed by atoms with van der Waals surface area (Å²) in [6.45, 7) is 13.1. The highest BCUT2D eigenvalue weighted by Gasteiger charge is 2.25. The Morgan fingerprint density at radius 2 is 1.68 bits per heavy atom. The molecule has 25 heavy (non-hydrogen) atoms. The van der Waals surface area contributed by atoms with Gasteiger partial charge in [0.1, 0.15) is 0 Å². The van der Waals surface area contributed by atoms with Crippen molar-refractivity contribution in [3.8, 4) is 22.3 Å². The molecular weight excluding hydrogens is 322 g/mol. The first-order valence-corrected chi connectivity index (χ1v) is 9.64. The Morgan fingerprint density at radius 3 is 2.36 bits per heavy atom. The van der Waals surface area contributed by atoms with Gasteiger partial charge in [-0.15, -0.1) is 11.3 Å². The second-order valence-electron chi connectivity index (χ2n) is 7.18. The lowest BCUT2D eigenvalue weighted by Crippen LogP contribution is -2.08. The van der Waals surface area contributed by atoms with Crippen LogP contribution in [-0.2, 0) is 0 Å². The first-order chi connectivity index (χ1) is 12.0. The SMILES string of the molecule is C=C1Nc2c(C)cc(C)c(-c3ccc(C(C)C)cc3)c2-c2ccsc21. The molecule has 1 aromatic heterocycles. The van der Waals surface area contributed by atoms with Gasteiger partial charge in [-0.2, -0.15) is 0 Å². The van der Waals surface area contributed by atoms with E-state index in [9.17, 15) is 0 Å². The normalized spacial score (nSPS) is 12.8. The van der Waals surface area contributed by atoms with Crippen molar-refractivity contribution < 1.29 is 0 Å². The van der Waals surface area contributed by atoms with Gasteiger partial charge >= 0.3 is 0 Å². The van der Waals surface area contributed by atoms with Crippen molar-refractivity contribution >= 4 is 22.7 Å². The Balaban J connectivity index is 1.99. The zero-order valence-corrected chi connectivity index (χ0v) is 16.1. The molecule has 3 aromatic rings. The summed E-state index contributed by atoms with van der Waals surface area (Å²) in [5, 5.41) is 5.72. The lowest BCUT2D eigenvalue weighted by Gasteiger charge is -2.27. The van der Waals surface area contributed by atoms with Crippen LogP contribution >= 0.6 is 11.3 Å². The molecular formula is C23H23NS. The van der Waals surface area contributed by atoms with Crippen LogP contribution in [0.3, 0.4) is 0 Å². The number of aryl methyl sites for hydroxylation is 2. The van der Waals surface area contributed by atoms with Gasteiger partial charge in [0, 0.05) is 16.8 Å². The van der Waals surface area contributed by atoms with Gasteiger partial charge in [0.05, 0.1) is 10.6 Å². The highest BCUT2D eigenvalue weighted by molar-refractivity contribution is 7.11. The molecule has 0 spiro atoms. The van der Waals surface area contributed by atoms with E-state index in [4.69, 9.17) is 0 Å². The number of fused-ring (bicyclic) bond motifs is 3. The monoisotopic (exact) mass is 345 g/mol. The maximum absolute atomic E-state index is 4.22. The molecule has 126 valence electrons. The molecule has 1 N–H and O–H groups in total. The van der Waals surface area contributed by atoms with Crippen LogP contribution in [0.1, 0.15) is 41.3 Å². The Hall–Kier alpha value is -2.32. The van der Waals surface area contributed by atoms with Crippen LogP contribution in [0.5, 0.6) is 0 Å². The van der Waals surface area contributed by atoms with Gasteiger partial charge in [-0.3, -0.25) is 0 Å². The molecule has 1 aliphatic heterocycles. The number of benzene rings is 2. The van der Waals surface area contributed by atoms with Crippen LogP contribution in [-0.4, -0.2) is 0 Å². The van der Waals surface area contributed by atoms with Crippen molar-refractivity contribution in [1.82, 2.24) is 0 Å². The summed E-state index contributed by atoms with van der Waals surface area (Å²) in [6.07, 6.45) is 0. The molecule has 1 aliphatic rings. The van der Waals surface area contributed by atoms with E-state index >= 15 is 0 Å². The third kappa shape index (κ3) is 2.52. The molecule has 0 aliphatic carbocycles. The maximum atomic E-state index is 4.22. The van der Waals surface area contributed by atoms with Gasteiger partial charge in [-0.1, -0.05) is 50.8 Å². The topological polar surface area (TPSA) is 12.0 Å². The van der Waals surface area contributed by atoms with Crippen molar-refractivity contribution in [2.24, 2.45) is 0 Å². The third-order valence-electron chi connectivity index (χ3n) is 5.07. The quantitative estimate of drug-likeness (QED) is 0.517. The van der Waals surface area contributed by atoms with E-state index in [1.165, 1.54) is 49.5 Å². The molecule has 0 unspecified atom stereocenters. The summed E-state index contributed by atoms with van der Waals surface area (Å²) in [5.41, 5.74) is 11.4. The van der Waals surface area contributed by atoms with E-state index < -0.39 is 0 Å². The third-order valence-corrected chi connectivity index (χ3v) is 6.05. The van der Waals surface area contributed by atoms with Gasteiger partial charge in [-0.25, -0.2) is 0 Å². The van der Waals surface area contributed by atoms with Crippen molar-refractivity contribution in [2.75, 3.05) is 5.32 Å². The first-order valence-electron chi connectivity index (χ1n) is 8.76. The Bertz CT molecular complexity index is 974. The molecule has 0 fully saturated rings. The van der Waals surface area contributed by atoms with Gasteiger partial charge < -0.3 is 5.32 Å². The highest BCUT2D eigenvalue weighted by Crippen LogP contribution is 2.49. The molecule has 2 heteroatoms. The van der Waals surface area contributed by atoms with Crippen molar-refractivity contribution in [2.45, 2.75) is 33.6 Å². The molecule has 0 amide bonds. The molecule has 2 aromatic carbocycles. The second kappa shape index (κ2) is 5.89. The number of nitrogens with one attached hydrogen (secondary N) is 1. The Kier molecular flexibility index (Phi) is 3.81. The molecule has 0 radical (unpaired) electrons. The highest BCUT2D eigenvalue weighted by atomic mass is 32.1. The molecule has 0 saturated carbocycles.